The van der Waals surface area contributed by atoms with Gasteiger partial charge in [0.05, 0.1) is 17.3 Å². The number of aromatic carboxylic acids is 1. The SMILES string of the molecule is CSc1nc(OCc2ccc(F)cc2F)cc(=O)n1-c1cc(C(=O)O)ccc1C. The van der Waals surface area contributed by atoms with Gasteiger partial charge >= 0.3 is 5.97 Å². The maximum Gasteiger partial charge on any atom is 0.335 e. The Hall–Kier alpha value is -3.20. The summed E-state index contributed by atoms with van der Waals surface area (Å²) in [6.45, 7) is 1.52. The van der Waals surface area contributed by atoms with Crippen LogP contribution in [0.1, 0.15) is 21.5 Å². The molecule has 0 atom stereocenters. The van der Waals surface area contributed by atoms with Crippen molar-refractivity contribution in [3.63, 3.8) is 0 Å². The summed E-state index contributed by atoms with van der Waals surface area (Å²) in [6.07, 6.45) is 1.71. The molecular weight excluding hydrogens is 402 g/mol. The number of carboxylic acids is 1. The lowest BCUT2D eigenvalue weighted by Gasteiger charge is -2.15. The zero-order chi connectivity index (χ0) is 21.1. The fourth-order valence-corrected chi connectivity index (χ4v) is 3.20. The molecule has 150 valence electrons. The molecule has 0 saturated heterocycles. The second kappa shape index (κ2) is 8.44. The van der Waals surface area contributed by atoms with Gasteiger partial charge in [-0.25, -0.2) is 13.6 Å². The minimum Gasteiger partial charge on any atom is -0.478 e. The van der Waals surface area contributed by atoms with E-state index in [2.05, 4.69) is 4.98 Å². The lowest BCUT2D eigenvalue weighted by Crippen LogP contribution is -2.22. The topological polar surface area (TPSA) is 81.4 Å². The number of hydrogen-bond donors (Lipinski definition) is 1. The summed E-state index contributed by atoms with van der Waals surface area (Å²) >= 11 is 1.17. The van der Waals surface area contributed by atoms with Crippen molar-refractivity contribution in [3.8, 4) is 11.6 Å². The first-order chi connectivity index (χ1) is 13.8. The van der Waals surface area contributed by atoms with Gasteiger partial charge in [0.25, 0.3) is 5.56 Å². The Labute approximate surface area is 168 Å². The first-order valence-electron chi connectivity index (χ1n) is 8.39. The summed E-state index contributed by atoms with van der Waals surface area (Å²) in [7, 11) is 0. The molecule has 0 saturated carbocycles. The summed E-state index contributed by atoms with van der Waals surface area (Å²) in [4.78, 5) is 28.3. The molecule has 1 aromatic heterocycles. The van der Waals surface area contributed by atoms with Gasteiger partial charge in [-0.2, -0.15) is 4.98 Å². The first-order valence-corrected chi connectivity index (χ1v) is 9.61. The van der Waals surface area contributed by atoms with E-state index in [1.807, 2.05) is 0 Å². The number of aryl methyl sites for hydroxylation is 1. The molecule has 6 nitrogen and oxygen atoms in total. The standard InChI is InChI=1S/C20H16F2N2O4S/c1-11-3-4-12(19(26)27)7-16(11)24-18(25)9-17(23-20(24)29-2)28-10-13-5-6-14(21)8-15(13)22/h3-9H,10H2,1-2H3,(H,26,27). The highest BCUT2D eigenvalue weighted by atomic mass is 32.2. The molecule has 3 rings (SSSR count). The molecule has 3 aromatic rings. The predicted molar refractivity (Wildman–Crippen MR) is 104 cm³/mol. The largest absolute Gasteiger partial charge is 0.478 e. The maximum atomic E-state index is 13.8. The summed E-state index contributed by atoms with van der Waals surface area (Å²) in [5.41, 5.74) is 0.758. The lowest BCUT2D eigenvalue weighted by atomic mass is 10.1. The lowest BCUT2D eigenvalue weighted by molar-refractivity contribution is 0.0697. The molecule has 2 aromatic carbocycles. The zero-order valence-corrected chi connectivity index (χ0v) is 16.3. The second-order valence-corrected chi connectivity index (χ2v) is 6.86. The normalized spacial score (nSPS) is 10.8. The number of halogens is 2. The average molecular weight is 418 g/mol. The van der Waals surface area contributed by atoms with Crippen molar-refractivity contribution < 1.29 is 23.4 Å². The molecule has 9 heteroatoms. The molecular formula is C20H16F2N2O4S. The van der Waals surface area contributed by atoms with Crippen LogP contribution in [0.3, 0.4) is 0 Å². The minimum atomic E-state index is -1.11. The number of rotatable bonds is 6. The number of carboxylic acid groups (broad SMARTS) is 1. The molecule has 0 aliphatic carbocycles. The molecule has 1 heterocycles. The van der Waals surface area contributed by atoms with Crippen LogP contribution >= 0.6 is 11.8 Å². The van der Waals surface area contributed by atoms with Crippen LogP contribution in [0.4, 0.5) is 8.78 Å². The van der Waals surface area contributed by atoms with E-state index in [9.17, 15) is 23.5 Å². The third kappa shape index (κ3) is 4.45. The Morgan fingerprint density at radius 1 is 1.21 bits per heavy atom. The highest BCUT2D eigenvalue weighted by Crippen LogP contribution is 2.22. The van der Waals surface area contributed by atoms with Crippen LogP contribution in [0.2, 0.25) is 0 Å². The van der Waals surface area contributed by atoms with Crippen LogP contribution < -0.4 is 10.3 Å². The minimum absolute atomic E-state index is 0.0219. The van der Waals surface area contributed by atoms with Crippen molar-refractivity contribution in [2.75, 3.05) is 6.26 Å². The number of aromatic nitrogens is 2. The summed E-state index contributed by atoms with van der Waals surface area (Å²) < 4.78 is 33.5. The maximum absolute atomic E-state index is 13.8. The first kappa shape index (κ1) is 20.5. The third-order valence-corrected chi connectivity index (χ3v) is 4.77. The molecule has 0 aliphatic rings. The Morgan fingerprint density at radius 2 is 1.97 bits per heavy atom. The van der Waals surface area contributed by atoms with Crippen molar-refractivity contribution in [3.05, 3.63) is 81.1 Å². The van der Waals surface area contributed by atoms with Crippen molar-refractivity contribution >= 4 is 17.7 Å². The van der Waals surface area contributed by atoms with E-state index in [1.165, 1.54) is 34.5 Å². The van der Waals surface area contributed by atoms with Gasteiger partial charge in [0.1, 0.15) is 18.2 Å². The van der Waals surface area contributed by atoms with Gasteiger partial charge < -0.3 is 9.84 Å². The number of carbonyl (C=O) groups is 1. The van der Waals surface area contributed by atoms with Gasteiger partial charge in [-0.3, -0.25) is 9.36 Å². The van der Waals surface area contributed by atoms with Gasteiger partial charge in [-0.05, 0) is 43.0 Å². The van der Waals surface area contributed by atoms with Crippen LogP contribution in [0.25, 0.3) is 5.69 Å². The van der Waals surface area contributed by atoms with Crippen LogP contribution in [0.5, 0.6) is 5.88 Å². The highest BCUT2D eigenvalue weighted by molar-refractivity contribution is 7.98. The number of benzene rings is 2. The van der Waals surface area contributed by atoms with Gasteiger partial charge in [-0.1, -0.05) is 17.8 Å². The molecule has 0 radical (unpaired) electrons. The van der Waals surface area contributed by atoms with Crippen LogP contribution in [0.15, 0.2) is 52.4 Å². The zero-order valence-electron chi connectivity index (χ0n) is 15.5. The molecule has 0 fully saturated rings. The molecule has 29 heavy (non-hydrogen) atoms. The van der Waals surface area contributed by atoms with E-state index in [1.54, 1.807) is 19.2 Å². The van der Waals surface area contributed by atoms with E-state index < -0.39 is 23.2 Å². The number of nitrogens with zero attached hydrogens (tertiary/aromatic N) is 2. The highest BCUT2D eigenvalue weighted by Gasteiger charge is 2.15. The van der Waals surface area contributed by atoms with Crippen molar-refractivity contribution in [1.29, 1.82) is 0 Å². The van der Waals surface area contributed by atoms with E-state index in [-0.39, 0.29) is 28.8 Å². The van der Waals surface area contributed by atoms with Gasteiger partial charge in [-0.15, -0.1) is 0 Å². The van der Waals surface area contributed by atoms with Crippen molar-refractivity contribution in [1.82, 2.24) is 9.55 Å². The van der Waals surface area contributed by atoms with Gasteiger partial charge in [0, 0.05) is 11.6 Å². The Morgan fingerprint density at radius 3 is 2.62 bits per heavy atom. The Balaban J connectivity index is 1.97. The molecule has 0 spiro atoms. The smallest absolute Gasteiger partial charge is 0.335 e. The molecule has 0 amide bonds. The van der Waals surface area contributed by atoms with Crippen molar-refractivity contribution in [2.45, 2.75) is 18.7 Å². The quantitative estimate of drug-likeness (QED) is 0.484. The van der Waals surface area contributed by atoms with E-state index in [4.69, 9.17) is 4.74 Å². The number of thioether (sulfide) groups is 1. The van der Waals surface area contributed by atoms with Crippen LogP contribution in [-0.2, 0) is 6.61 Å². The van der Waals surface area contributed by atoms with Crippen molar-refractivity contribution in [2.24, 2.45) is 0 Å². The average Bonchev–Trinajstić information content (AvgIpc) is 2.67. The Bertz CT molecular complexity index is 1150. The molecule has 0 aliphatic heterocycles. The molecule has 0 bridgehead atoms. The third-order valence-electron chi connectivity index (χ3n) is 4.13. The molecule has 0 unspecified atom stereocenters. The number of ether oxygens (including phenoxy) is 1. The summed E-state index contributed by atoms with van der Waals surface area (Å²) in [5.74, 6) is -2.59. The van der Waals surface area contributed by atoms with E-state index in [0.717, 1.165) is 18.2 Å². The molecule has 1 N–H and O–H groups in total. The van der Waals surface area contributed by atoms with Crippen LogP contribution in [0, 0.1) is 18.6 Å². The Kier molecular flexibility index (Phi) is 5.97. The van der Waals surface area contributed by atoms with E-state index >= 15 is 0 Å². The summed E-state index contributed by atoms with van der Waals surface area (Å²) in [6, 6.07) is 8.70. The summed E-state index contributed by atoms with van der Waals surface area (Å²) in [5, 5.41) is 9.50. The monoisotopic (exact) mass is 418 g/mol. The van der Waals surface area contributed by atoms with Crippen LogP contribution in [-0.4, -0.2) is 26.9 Å². The number of hydrogen-bond acceptors (Lipinski definition) is 5. The fraction of sp³-hybridized carbons (Fsp3) is 0.150. The van der Waals surface area contributed by atoms with Gasteiger partial charge in [0.2, 0.25) is 5.88 Å². The van der Waals surface area contributed by atoms with Gasteiger partial charge in [0.15, 0.2) is 5.16 Å². The van der Waals surface area contributed by atoms with E-state index in [0.29, 0.717) is 11.3 Å². The fourth-order valence-electron chi connectivity index (χ4n) is 2.65. The second-order valence-electron chi connectivity index (χ2n) is 6.09. The predicted octanol–water partition coefficient (Wildman–Crippen LogP) is 3.82.